The highest BCUT2D eigenvalue weighted by molar-refractivity contribution is 5.75. The average molecular weight is 257 g/mol. The summed E-state index contributed by atoms with van der Waals surface area (Å²) in [4.78, 5) is 19.0. The highest BCUT2D eigenvalue weighted by Crippen LogP contribution is 2.17. The number of carbonyl (C=O) groups is 1. The summed E-state index contributed by atoms with van der Waals surface area (Å²) >= 11 is 0. The van der Waals surface area contributed by atoms with Gasteiger partial charge in [-0.25, -0.2) is 9.97 Å². The quantitative estimate of drug-likeness (QED) is 0.832. The smallest absolute Gasteiger partial charge is 0.218 e. The third-order valence-electron chi connectivity index (χ3n) is 2.73. The van der Waals surface area contributed by atoms with Crippen LogP contribution in [0.1, 0.15) is 21.5 Å². The molecular formula is C14H15N3O2. The Balaban J connectivity index is 2.12. The molecule has 19 heavy (non-hydrogen) atoms. The van der Waals surface area contributed by atoms with Crippen molar-refractivity contribution in [2.24, 2.45) is 0 Å². The van der Waals surface area contributed by atoms with Crippen LogP contribution in [0.4, 0.5) is 5.82 Å². The lowest BCUT2D eigenvalue weighted by Crippen LogP contribution is -2.05. The van der Waals surface area contributed by atoms with Crippen LogP contribution in [-0.2, 0) is 6.54 Å². The van der Waals surface area contributed by atoms with Gasteiger partial charge in [0.2, 0.25) is 5.88 Å². The molecule has 0 spiro atoms. The van der Waals surface area contributed by atoms with Crippen LogP contribution in [0.5, 0.6) is 5.88 Å². The zero-order valence-electron chi connectivity index (χ0n) is 10.9. The minimum atomic E-state index is 0.561. The number of pyridine rings is 2. The third-order valence-corrected chi connectivity index (χ3v) is 2.73. The van der Waals surface area contributed by atoms with E-state index in [2.05, 4.69) is 15.3 Å². The van der Waals surface area contributed by atoms with E-state index < -0.39 is 0 Å². The Morgan fingerprint density at radius 2 is 2.26 bits per heavy atom. The minimum absolute atomic E-state index is 0.561. The Hall–Kier alpha value is -2.43. The summed E-state index contributed by atoms with van der Waals surface area (Å²) in [5.74, 6) is 1.34. The molecule has 2 heterocycles. The zero-order valence-corrected chi connectivity index (χ0v) is 10.9. The van der Waals surface area contributed by atoms with Gasteiger partial charge >= 0.3 is 0 Å². The maximum atomic E-state index is 10.6. The number of nitrogens with one attached hydrogen (secondary N) is 1. The molecule has 0 aromatic carbocycles. The van der Waals surface area contributed by atoms with Gasteiger partial charge in [0.05, 0.1) is 7.11 Å². The van der Waals surface area contributed by atoms with Gasteiger partial charge in [-0.1, -0.05) is 6.07 Å². The van der Waals surface area contributed by atoms with Crippen molar-refractivity contribution >= 4 is 12.1 Å². The maximum absolute atomic E-state index is 10.6. The third kappa shape index (κ3) is 3.07. The number of nitrogens with zero attached hydrogens (tertiary/aromatic N) is 2. The van der Waals surface area contributed by atoms with Gasteiger partial charge in [-0.15, -0.1) is 0 Å². The molecule has 5 heteroatoms. The van der Waals surface area contributed by atoms with Crippen LogP contribution in [0.2, 0.25) is 0 Å². The molecule has 0 saturated carbocycles. The molecule has 2 rings (SSSR count). The average Bonchev–Trinajstić information content (AvgIpc) is 2.46. The molecule has 0 aliphatic rings. The first-order valence-corrected chi connectivity index (χ1v) is 5.88. The van der Waals surface area contributed by atoms with Crippen molar-refractivity contribution in [2.45, 2.75) is 13.5 Å². The summed E-state index contributed by atoms with van der Waals surface area (Å²) in [5, 5.41) is 3.21. The molecule has 5 nitrogen and oxygen atoms in total. The van der Waals surface area contributed by atoms with Crippen LogP contribution in [0.15, 0.2) is 30.6 Å². The first kappa shape index (κ1) is 13.0. The monoisotopic (exact) mass is 257 g/mol. The number of aldehydes is 1. The van der Waals surface area contributed by atoms with E-state index in [0.29, 0.717) is 18.0 Å². The number of methoxy groups -OCH3 is 1. The normalized spacial score (nSPS) is 10.0. The predicted octanol–water partition coefficient (Wildman–Crippen LogP) is 2.22. The van der Waals surface area contributed by atoms with E-state index in [1.54, 1.807) is 25.6 Å². The molecule has 98 valence electrons. The van der Waals surface area contributed by atoms with Crippen molar-refractivity contribution in [3.8, 4) is 5.88 Å². The van der Waals surface area contributed by atoms with Crippen molar-refractivity contribution in [3.05, 3.63) is 47.3 Å². The standard InChI is InChI=1S/C14H15N3O2/c1-10-6-11(9-18)7-16-13(10)17-8-12-4-3-5-15-14(12)19-2/h3-7,9H,8H2,1-2H3,(H,16,17). The van der Waals surface area contributed by atoms with E-state index in [0.717, 1.165) is 23.2 Å². The summed E-state index contributed by atoms with van der Waals surface area (Å²) in [7, 11) is 1.59. The molecule has 0 radical (unpaired) electrons. The lowest BCUT2D eigenvalue weighted by molar-refractivity contribution is 0.112. The van der Waals surface area contributed by atoms with Crippen molar-refractivity contribution in [1.82, 2.24) is 9.97 Å². The van der Waals surface area contributed by atoms with E-state index in [-0.39, 0.29) is 0 Å². The van der Waals surface area contributed by atoms with Gasteiger partial charge in [-0.05, 0) is 24.6 Å². The number of hydrogen-bond donors (Lipinski definition) is 1. The fourth-order valence-electron chi connectivity index (χ4n) is 1.77. The van der Waals surface area contributed by atoms with Crippen LogP contribution in [0.3, 0.4) is 0 Å². The summed E-state index contributed by atoms with van der Waals surface area (Å²) in [6, 6.07) is 5.59. The fraction of sp³-hybridized carbons (Fsp3) is 0.214. The van der Waals surface area contributed by atoms with Gasteiger partial charge in [0.25, 0.3) is 0 Å². The molecule has 0 atom stereocenters. The first-order valence-electron chi connectivity index (χ1n) is 5.88. The highest BCUT2D eigenvalue weighted by Gasteiger charge is 2.05. The zero-order chi connectivity index (χ0) is 13.7. The lowest BCUT2D eigenvalue weighted by Gasteiger charge is -2.10. The highest BCUT2D eigenvalue weighted by atomic mass is 16.5. The SMILES string of the molecule is COc1ncccc1CNc1ncc(C=O)cc1C. The Labute approximate surface area is 111 Å². The maximum Gasteiger partial charge on any atom is 0.218 e. The van der Waals surface area contributed by atoms with Crippen molar-refractivity contribution < 1.29 is 9.53 Å². The van der Waals surface area contributed by atoms with E-state index in [4.69, 9.17) is 4.74 Å². The molecule has 2 aromatic heterocycles. The Bertz CT molecular complexity index is 585. The number of hydrogen-bond acceptors (Lipinski definition) is 5. The molecule has 0 saturated heterocycles. The summed E-state index contributed by atoms with van der Waals surface area (Å²) in [5.41, 5.74) is 2.44. The molecule has 0 unspecified atom stereocenters. The molecule has 0 aliphatic heterocycles. The molecular weight excluding hydrogens is 242 g/mol. The van der Waals surface area contributed by atoms with Crippen molar-refractivity contribution in [2.75, 3.05) is 12.4 Å². The molecule has 0 aliphatic carbocycles. The number of rotatable bonds is 5. The molecule has 2 aromatic rings. The van der Waals surface area contributed by atoms with Gasteiger partial charge in [-0.2, -0.15) is 0 Å². The van der Waals surface area contributed by atoms with Gasteiger partial charge in [0, 0.05) is 30.1 Å². The van der Waals surface area contributed by atoms with Crippen molar-refractivity contribution in [3.63, 3.8) is 0 Å². The molecule has 0 amide bonds. The topological polar surface area (TPSA) is 64.1 Å². The van der Waals surface area contributed by atoms with Crippen molar-refractivity contribution in [1.29, 1.82) is 0 Å². The second kappa shape index (κ2) is 5.95. The lowest BCUT2D eigenvalue weighted by atomic mass is 10.2. The first-order chi connectivity index (χ1) is 9.24. The number of anilines is 1. The molecule has 0 bridgehead atoms. The Morgan fingerprint density at radius 1 is 1.42 bits per heavy atom. The summed E-state index contributed by atoms with van der Waals surface area (Å²) < 4.78 is 5.18. The number of aryl methyl sites for hydroxylation is 1. The van der Waals surface area contributed by atoms with Gasteiger partial charge in [-0.3, -0.25) is 4.79 Å². The second-order valence-electron chi connectivity index (χ2n) is 4.08. The fourth-order valence-corrected chi connectivity index (χ4v) is 1.77. The molecule has 0 fully saturated rings. The number of aromatic nitrogens is 2. The van der Waals surface area contributed by atoms with Crippen LogP contribution >= 0.6 is 0 Å². The number of carbonyl (C=O) groups excluding carboxylic acids is 1. The summed E-state index contributed by atoms with van der Waals surface area (Å²) in [6.07, 6.45) is 4.02. The predicted molar refractivity (Wildman–Crippen MR) is 72.5 cm³/mol. The van der Waals surface area contributed by atoms with E-state index in [9.17, 15) is 4.79 Å². The second-order valence-corrected chi connectivity index (χ2v) is 4.08. The van der Waals surface area contributed by atoms with Gasteiger partial charge in [0.15, 0.2) is 6.29 Å². The summed E-state index contributed by atoms with van der Waals surface area (Å²) in [6.45, 7) is 2.47. The van der Waals surface area contributed by atoms with Crippen LogP contribution in [0, 0.1) is 6.92 Å². The van der Waals surface area contributed by atoms with Crippen LogP contribution < -0.4 is 10.1 Å². The van der Waals surface area contributed by atoms with E-state index in [1.807, 2.05) is 19.1 Å². The Morgan fingerprint density at radius 3 is 2.95 bits per heavy atom. The largest absolute Gasteiger partial charge is 0.481 e. The molecule has 1 N–H and O–H groups in total. The van der Waals surface area contributed by atoms with E-state index in [1.165, 1.54) is 0 Å². The minimum Gasteiger partial charge on any atom is -0.481 e. The van der Waals surface area contributed by atoms with Crippen LogP contribution in [-0.4, -0.2) is 23.4 Å². The van der Waals surface area contributed by atoms with Crippen LogP contribution in [0.25, 0.3) is 0 Å². The Kier molecular flexibility index (Phi) is 4.07. The van der Waals surface area contributed by atoms with Gasteiger partial charge < -0.3 is 10.1 Å². The van der Waals surface area contributed by atoms with Gasteiger partial charge in [0.1, 0.15) is 5.82 Å². The number of ether oxygens (including phenoxy) is 1. The van der Waals surface area contributed by atoms with E-state index >= 15 is 0 Å².